The molecular weight excluding hydrogens is 288 g/mol. The number of ether oxygens (including phenoxy) is 2. The maximum atomic E-state index is 12.4. The second-order valence-electron chi connectivity index (χ2n) is 7.45. The molecule has 0 heterocycles. The monoisotopic (exact) mass is 314 g/mol. The van der Waals surface area contributed by atoms with Crippen LogP contribution < -0.4 is 9.47 Å². The normalized spacial score (nSPS) is 12.3. The molecule has 0 aliphatic rings. The fourth-order valence-electron chi connectivity index (χ4n) is 2.14. The Morgan fingerprint density at radius 1 is 0.913 bits per heavy atom. The zero-order chi connectivity index (χ0) is 17.3. The van der Waals surface area contributed by atoms with Gasteiger partial charge in [0.25, 0.3) is 0 Å². The fourth-order valence-corrected chi connectivity index (χ4v) is 2.14. The van der Waals surface area contributed by atoms with Crippen LogP contribution in [0.15, 0.2) is 36.4 Å². The maximum Gasteiger partial charge on any atom is 0.316 e. The molecular formula is C20H26O3. The molecule has 0 fully saturated rings. The average Bonchev–Trinajstić information content (AvgIpc) is 2.46. The third-order valence-corrected chi connectivity index (χ3v) is 3.90. The lowest BCUT2D eigenvalue weighted by molar-refractivity contribution is -0.144. The zero-order valence-corrected chi connectivity index (χ0v) is 14.9. The van der Waals surface area contributed by atoms with Crippen LogP contribution in [0, 0.1) is 5.41 Å². The molecule has 0 radical (unpaired) electrons. The van der Waals surface area contributed by atoms with Gasteiger partial charge in [-0.25, -0.2) is 0 Å². The quantitative estimate of drug-likeness (QED) is 0.563. The summed E-state index contributed by atoms with van der Waals surface area (Å²) >= 11 is 0. The summed E-state index contributed by atoms with van der Waals surface area (Å²) in [5.41, 5.74) is -0.785. The molecule has 2 aromatic rings. The van der Waals surface area contributed by atoms with Crippen molar-refractivity contribution in [1.29, 1.82) is 0 Å². The number of hydrogen-bond donors (Lipinski definition) is 0. The number of benzene rings is 2. The minimum Gasteiger partial charge on any atom is -0.488 e. The van der Waals surface area contributed by atoms with Crippen LogP contribution in [0.25, 0.3) is 10.8 Å². The minimum atomic E-state index is -0.498. The predicted octanol–water partition coefficient (Wildman–Crippen LogP) is 5.36. The number of carbonyl (C=O) groups excluding carboxylic acids is 1. The van der Waals surface area contributed by atoms with Crippen molar-refractivity contribution in [2.75, 3.05) is 0 Å². The molecule has 2 rings (SSSR count). The zero-order valence-electron chi connectivity index (χ0n) is 14.9. The molecule has 0 atom stereocenters. The summed E-state index contributed by atoms with van der Waals surface area (Å²) in [6.45, 7) is 11.8. The van der Waals surface area contributed by atoms with Gasteiger partial charge in [-0.1, -0.05) is 31.2 Å². The molecule has 3 nitrogen and oxygen atoms in total. The second-order valence-corrected chi connectivity index (χ2v) is 7.45. The molecule has 3 heteroatoms. The lowest BCUT2D eigenvalue weighted by atomic mass is 9.90. The van der Waals surface area contributed by atoms with Gasteiger partial charge in [0.05, 0.1) is 5.41 Å². The topological polar surface area (TPSA) is 35.5 Å². The molecule has 0 N–H and O–H groups in total. The van der Waals surface area contributed by atoms with Crippen molar-refractivity contribution in [3.63, 3.8) is 0 Å². The molecule has 0 saturated carbocycles. The Labute approximate surface area is 138 Å². The number of hydrogen-bond acceptors (Lipinski definition) is 3. The van der Waals surface area contributed by atoms with Crippen LogP contribution in [0.2, 0.25) is 0 Å². The highest BCUT2D eigenvalue weighted by atomic mass is 16.5. The van der Waals surface area contributed by atoms with Crippen molar-refractivity contribution in [3.05, 3.63) is 36.4 Å². The van der Waals surface area contributed by atoms with Crippen LogP contribution in [-0.2, 0) is 4.79 Å². The number of carbonyl (C=O) groups is 1. The Bertz CT molecular complexity index is 708. The van der Waals surface area contributed by atoms with Gasteiger partial charge < -0.3 is 9.47 Å². The summed E-state index contributed by atoms with van der Waals surface area (Å²) in [6, 6.07) is 11.5. The summed E-state index contributed by atoms with van der Waals surface area (Å²) in [4.78, 5) is 12.4. The average molecular weight is 314 g/mol. The molecule has 23 heavy (non-hydrogen) atoms. The molecule has 0 saturated heterocycles. The Morgan fingerprint density at radius 2 is 1.43 bits per heavy atom. The molecule has 0 aromatic heterocycles. The van der Waals surface area contributed by atoms with E-state index >= 15 is 0 Å². The highest BCUT2D eigenvalue weighted by Crippen LogP contribution is 2.35. The Hall–Kier alpha value is -2.03. The third kappa shape index (κ3) is 4.04. The second kappa shape index (κ2) is 6.23. The van der Waals surface area contributed by atoms with Gasteiger partial charge in [-0.05, 0) is 53.2 Å². The van der Waals surface area contributed by atoms with Gasteiger partial charge in [0.2, 0.25) is 0 Å². The summed E-state index contributed by atoms with van der Waals surface area (Å²) < 4.78 is 11.7. The van der Waals surface area contributed by atoms with Crippen molar-refractivity contribution in [1.82, 2.24) is 0 Å². The van der Waals surface area contributed by atoms with Gasteiger partial charge in [0, 0.05) is 10.8 Å². The smallest absolute Gasteiger partial charge is 0.316 e. The lowest BCUT2D eigenvalue weighted by Crippen LogP contribution is -2.28. The van der Waals surface area contributed by atoms with Gasteiger partial charge >= 0.3 is 5.97 Å². The molecule has 0 bridgehead atoms. The Balaban J connectivity index is 2.44. The summed E-state index contributed by atoms with van der Waals surface area (Å²) in [6.07, 6.45) is 0.731. The molecule has 0 spiro atoms. The van der Waals surface area contributed by atoms with Crippen molar-refractivity contribution in [2.45, 2.75) is 53.6 Å². The van der Waals surface area contributed by atoms with Gasteiger partial charge in [-0.3, -0.25) is 4.79 Å². The first-order valence-electron chi connectivity index (χ1n) is 8.07. The van der Waals surface area contributed by atoms with Gasteiger partial charge in [-0.15, -0.1) is 0 Å². The van der Waals surface area contributed by atoms with E-state index in [1.165, 1.54) is 0 Å². The standard InChI is InChI=1S/C20H26O3/c1-7-20(5,6)18(21)22-16-12-8-11-15-14(16)10-9-13-17(15)23-19(2,3)4/h8-13H,7H2,1-6H3. The van der Waals surface area contributed by atoms with Crippen molar-refractivity contribution in [3.8, 4) is 11.5 Å². The fraction of sp³-hybridized carbons (Fsp3) is 0.450. The number of fused-ring (bicyclic) bond motifs is 1. The van der Waals surface area contributed by atoms with E-state index in [0.717, 1.165) is 22.9 Å². The van der Waals surface area contributed by atoms with Crippen LogP contribution in [-0.4, -0.2) is 11.6 Å². The van der Waals surface area contributed by atoms with Crippen molar-refractivity contribution in [2.24, 2.45) is 5.41 Å². The molecule has 124 valence electrons. The van der Waals surface area contributed by atoms with E-state index in [1.54, 1.807) is 0 Å². The van der Waals surface area contributed by atoms with Crippen LogP contribution in [0.5, 0.6) is 11.5 Å². The third-order valence-electron chi connectivity index (χ3n) is 3.90. The summed E-state index contributed by atoms with van der Waals surface area (Å²) in [5.74, 6) is 1.16. The lowest BCUT2D eigenvalue weighted by Gasteiger charge is -2.23. The highest BCUT2D eigenvalue weighted by Gasteiger charge is 2.28. The Kier molecular flexibility index (Phi) is 4.69. The van der Waals surface area contributed by atoms with Gasteiger partial charge in [-0.2, -0.15) is 0 Å². The van der Waals surface area contributed by atoms with E-state index < -0.39 is 5.41 Å². The largest absolute Gasteiger partial charge is 0.488 e. The van der Waals surface area contributed by atoms with Crippen molar-refractivity contribution < 1.29 is 14.3 Å². The highest BCUT2D eigenvalue weighted by molar-refractivity contribution is 5.95. The Morgan fingerprint density at radius 3 is 1.96 bits per heavy atom. The molecule has 0 aliphatic heterocycles. The predicted molar refractivity (Wildman–Crippen MR) is 94.0 cm³/mol. The molecule has 2 aromatic carbocycles. The maximum absolute atomic E-state index is 12.4. The van der Waals surface area contributed by atoms with Crippen molar-refractivity contribution >= 4 is 16.7 Å². The van der Waals surface area contributed by atoms with Gasteiger partial charge in [0.15, 0.2) is 0 Å². The van der Waals surface area contributed by atoms with E-state index in [4.69, 9.17) is 9.47 Å². The first-order valence-corrected chi connectivity index (χ1v) is 8.07. The van der Waals surface area contributed by atoms with E-state index in [-0.39, 0.29) is 11.6 Å². The van der Waals surface area contributed by atoms with E-state index in [9.17, 15) is 4.79 Å². The summed E-state index contributed by atoms with van der Waals surface area (Å²) in [7, 11) is 0. The SMILES string of the molecule is CCC(C)(C)C(=O)Oc1cccc2c(OC(C)(C)C)cccc12. The van der Waals surface area contributed by atoms with Gasteiger partial charge in [0.1, 0.15) is 17.1 Å². The first-order chi connectivity index (χ1) is 10.6. The molecule has 0 unspecified atom stereocenters. The van der Waals surface area contributed by atoms with E-state index in [2.05, 4.69) is 0 Å². The van der Waals surface area contributed by atoms with Crippen LogP contribution in [0.4, 0.5) is 0 Å². The van der Waals surface area contributed by atoms with Crippen LogP contribution >= 0.6 is 0 Å². The van der Waals surface area contributed by atoms with Crippen LogP contribution in [0.3, 0.4) is 0 Å². The van der Waals surface area contributed by atoms with E-state index in [1.807, 2.05) is 77.9 Å². The summed E-state index contributed by atoms with van der Waals surface area (Å²) in [5, 5.41) is 1.83. The number of esters is 1. The van der Waals surface area contributed by atoms with E-state index in [0.29, 0.717) is 5.75 Å². The minimum absolute atomic E-state index is 0.213. The molecule has 0 aliphatic carbocycles. The first kappa shape index (κ1) is 17.3. The molecule has 0 amide bonds. The number of rotatable bonds is 4. The van der Waals surface area contributed by atoms with Crippen LogP contribution in [0.1, 0.15) is 48.0 Å².